The van der Waals surface area contributed by atoms with Crippen molar-refractivity contribution < 1.29 is 17.9 Å². The summed E-state index contributed by atoms with van der Waals surface area (Å²) in [6, 6.07) is 12.2. The number of sulfonamides is 1. The minimum Gasteiger partial charge on any atom is -0.492 e. The van der Waals surface area contributed by atoms with Crippen molar-refractivity contribution in [2.75, 3.05) is 18.5 Å². The second kappa shape index (κ2) is 9.37. The van der Waals surface area contributed by atoms with Gasteiger partial charge < -0.3 is 10.1 Å². The first-order chi connectivity index (χ1) is 12.9. The number of ether oxygens (including phenoxy) is 1. The van der Waals surface area contributed by atoms with Gasteiger partial charge in [-0.2, -0.15) is 5.26 Å². The highest BCUT2D eigenvalue weighted by molar-refractivity contribution is 7.89. The summed E-state index contributed by atoms with van der Waals surface area (Å²) in [4.78, 5) is 12.5. The molecule has 2 aromatic rings. The molecular weight excluding hydrogens is 390 g/mol. The zero-order valence-electron chi connectivity index (χ0n) is 14.5. The van der Waals surface area contributed by atoms with E-state index >= 15 is 0 Å². The Labute approximate surface area is 163 Å². The third kappa shape index (κ3) is 5.69. The molecule has 2 aromatic carbocycles. The molecule has 7 nitrogen and oxygen atoms in total. The molecule has 0 aliphatic carbocycles. The molecule has 142 valence electrons. The van der Waals surface area contributed by atoms with E-state index in [4.69, 9.17) is 21.6 Å². The summed E-state index contributed by atoms with van der Waals surface area (Å²) in [5.41, 5.74) is 0.692. The number of carbonyl (C=O) groups excluding carboxylic acids is 1. The standard InChI is InChI=1S/C18H18ClN3O4S/c1-2-26-17-9-6-14(19)12-16(17)22-18(23)13-4-7-15(8-5-13)27(24,25)21-11-3-10-20/h4-9,12,21H,2-3,11H2,1H3,(H,22,23). The SMILES string of the molecule is CCOc1ccc(Cl)cc1NC(=O)c1ccc(S(=O)(=O)NCCC#N)cc1. The van der Waals surface area contributed by atoms with Crippen molar-refractivity contribution >= 4 is 33.2 Å². The molecule has 0 aliphatic heterocycles. The lowest BCUT2D eigenvalue weighted by Gasteiger charge is -2.12. The van der Waals surface area contributed by atoms with E-state index in [1.54, 1.807) is 18.2 Å². The number of nitrogens with one attached hydrogen (secondary N) is 2. The van der Waals surface area contributed by atoms with Gasteiger partial charge >= 0.3 is 0 Å². The van der Waals surface area contributed by atoms with Crippen molar-refractivity contribution in [2.45, 2.75) is 18.2 Å². The molecule has 0 spiro atoms. The molecule has 0 aromatic heterocycles. The van der Waals surface area contributed by atoms with Crippen LogP contribution < -0.4 is 14.8 Å². The first-order valence-electron chi connectivity index (χ1n) is 8.07. The normalized spacial score (nSPS) is 10.9. The number of carbonyl (C=O) groups is 1. The summed E-state index contributed by atoms with van der Waals surface area (Å²) in [7, 11) is -3.72. The Balaban J connectivity index is 2.15. The summed E-state index contributed by atoms with van der Waals surface area (Å²) >= 11 is 5.97. The van der Waals surface area contributed by atoms with Gasteiger partial charge in [-0.3, -0.25) is 4.79 Å². The lowest BCUT2D eigenvalue weighted by Crippen LogP contribution is -2.24. The van der Waals surface area contributed by atoms with Gasteiger partial charge in [0.2, 0.25) is 10.0 Å². The first-order valence-corrected chi connectivity index (χ1v) is 9.94. The van der Waals surface area contributed by atoms with Crippen LogP contribution in [0.15, 0.2) is 47.4 Å². The summed E-state index contributed by atoms with van der Waals surface area (Å²) in [5, 5.41) is 11.6. The van der Waals surface area contributed by atoms with E-state index in [0.717, 1.165) is 0 Å². The van der Waals surface area contributed by atoms with Crippen molar-refractivity contribution in [3.05, 3.63) is 53.1 Å². The Morgan fingerprint density at radius 2 is 1.93 bits per heavy atom. The quantitative estimate of drug-likeness (QED) is 0.653. The number of hydrogen-bond donors (Lipinski definition) is 2. The Kier molecular flexibility index (Phi) is 7.19. The molecule has 0 aliphatic rings. The van der Waals surface area contributed by atoms with Crippen LogP contribution in [0.4, 0.5) is 5.69 Å². The van der Waals surface area contributed by atoms with Gasteiger partial charge in [0.25, 0.3) is 5.91 Å². The van der Waals surface area contributed by atoms with Crippen molar-refractivity contribution in [3.63, 3.8) is 0 Å². The number of amides is 1. The van der Waals surface area contributed by atoms with Crippen molar-refractivity contribution in [2.24, 2.45) is 0 Å². The minimum absolute atomic E-state index is 0.00903. The third-order valence-electron chi connectivity index (χ3n) is 3.45. The molecule has 0 unspecified atom stereocenters. The van der Waals surface area contributed by atoms with Crippen molar-refractivity contribution in [3.8, 4) is 11.8 Å². The topological polar surface area (TPSA) is 108 Å². The predicted molar refractivity (Wildman–Crippen MR) is 102 cm³/mol. The zero-order chi connectivity index (χ0) is 19.9. The molecule has 0 bridgehead atoms. The van der Waals surface area contributed by atoms with E-state index in [9.17, 15) is 13.2 Å². The molecule has 0 saturated carbocycles. The smallest absolute Gasteiger partial charge is 0.255 e. The number of halogens is 1. The van der Waals surface area contributed by atoms with Gasteiger partial charge in [0, 0.05) is 23.6 Å². The van der Waals surface area contributed by atoms with Crippen LogP contribution in [0.5, 0.6) is 5.75 Å². The third-order valence-corrected chi connectivity index (χ3v) is 5.16. The monoisotopic (exact) mass is 407 g/mol. The maximum Gasteiger partial charge on any atom is 0.255 e. The molecular formula is C18H18ClN3O4S. The van der Waals surface area contributed by atoms with Crippen LogP contribution in [0.3, 0.4) is 0 Å². The predicted octanol–water partition coefficient (Wildman–Crippen LogP) is 3.18. The number of nitrogens with zero attached hydrogens (tertiary/aromatic N) is 1. The molecule has 0 saturated heterocycles. The largest absolute Gasteiger partial charge is 0.492 e. The van der Waals surface area contributed by atoms with Gasteiger partial charge in [-0.05, 0) is 49.4 Å². The maximum absolute atomic E-state index is 12.4. The summed E-state index contributed by atoms with van der Waals surface area (Å²) < 4.78 is 31.9. The second-order valence-corrected chi connectivity index (χ2v) is 7.56. The molecule has 2 rings (SSSR count). The molecule has 1 amide bonds. The molecule has 9 heteroatoms. The Morgan fingerprint density at radius 3 is 2.56 bits per heavy atom. The van der Waals surface area contributed by atoms with E-state index < -0.39 is 15.9 Å². The zero-order valence-corrected chi connectivity index (χ0v) is 16.1. The molecule has 2 N–H and O–H groups in total. The number of nitriles is 1. The van der Waals surface area contributed by atoms with E-state index in [1.165, 1.54) is 24.3 Å². The van der Waals surface area contributed by atoms with Gasteiger partial charge in [0.05, 0.1) is 23.3 Å². The maximum atomic E-state index is 12.4. The average molecular weight is 408 g/mol. The average Bonchev–Trinajstić information content (AvgIpc) is 2.64. The molecule has 0 heterocycles. The fourth-order valence-corrected chi connectivity index (χ4v) is 3.39. The van der Waals surface area contributed by atoms with E-state index in [2.05, 4.69) is 10.0 Å². The van der Waals surface area contributed by atoms with Crippen LogP contribution in [0, 0.1) is 11.3 Å². The van der Waals surface area contributed by atoms with Crippen LogP contribution in [0.2, 0.25) is 5.02 Å². The molecule has 0 radical (unpaired) electrons. The van der Waals surface area contributed by atoms with Crippen molar-refractivity contribution in [1.82, 2.24) is 4.72 Å². The van der Waals surface area contributed by atoms with Crippen molar-refractivity contribution in [1.29, 1.82) is 5.26 Å². The number of hydrogen-bond acceptors (Lipinski definition) is 5. The second-order valence-electron chi connectivity index (χ2n) is 5.36. The summed E-state index contributed by atoms with van der Waals surface area (Å²) in [5.74, 6) is 0.0516. The van der Waals surface area contributed by atoms with Crippen LogP contribution in [-0.4, -0.2) is 27.5 Å². The molecule has 0 fully saturated rings. The highest BCUT2D eigenvalue weighted by Crippen LogP contribution is 2.28. The summed E-state index contributed by atoms with van der Waals surface area (Å²) in [6.45, 7) is 2.27. The summed E-state index contributed by atoms with van der Waals surface area (Å²) in [6.07, 6.45) is 0.0710. The van der Waals surface area contributed by atoms with Crippen LogP contribution in [0.1, 0.15) is 23.7 Å². The van der Waals surface area contributed by atoms with Gasteiger partial charge in [0.15, 0.2) is 0 Å². The van der Waals surface area contributed by atoms with E-state index in [-0.39, 0.29) is 23.4 Å². The molecule has 0 atom stereocenters. The molecule has 27 heavy (non-hydrogen) atoms. The highest BCUT2D eigenvalue weighted by Gasteiger charge is 2.15. The lowest BCUT2D eigenvalue weighted by atomic mass is 10.2. The van der Waals surface area contributed by atoms with Gasteiger partial charge in [-0.25, -0.2) is 13.1 Å². The van der Waals surface area contributed by atoms with Crippen LogP contribution >= 0.6 is 11.6 Å². The van der Waals surface area contributed by atoms with E-state index in [1.807, 2.05) is 13.0 Å². The Bertz CT molecular complexity index is 954. The minimum atomic E-state index is -3.72. The Morgan fingerprint density at radius 1 is 1.22 bits per heavy atom. The first kappa shape index (κ1) is 20.7. The van der Waals surface area contributed by atoms with Gasteiger partial charge in [-0.1, -0.05) is 11.6 Å². The number of rotatable bonds is 8. The highest BCUT2D eigenvalue weighted by atomic mass is 35.5. The van der Waals surface area contributed by atoms with E-state index in [0.29, 0.717) is 23.1 Å². The number of benzene rings is 2. The fraction of sp³-hybridized carbons (Fsp3) is 0.222. The van der Waals surface area contributed by atoms with Gasteiger partial charge in [-0.15, -0.1) is 0 Å². The van der Waals surface area contributed by atoms with Gasteiger partial charge in [0.1, 0.15) is 5.75 Å². The Hall–Kier alpha value is -2.60. The van der Waals surface area contributed by atoms with Crippen LogP contribution in [0.25, 0.3) is 0 Å². The lowest BCUT2D eigenvalue weighted by molar-refractivity contribution is 0.102. The van der Waals surface area contributed by atoms with Crippen LogP contribution in [-0.2, 0) is 10.0 Å². The number of anilines is 1. The fourth-order valence-electron chi connectivity index (χ4n) is 2.19.